The van der Waals surface area contributed by atoms with Crippen LogP contribution in [0.3, 0.4) is 0 Å². The fourth-order valence-corrected chi connectivity index (χ4v) is 4.51. The Morgan fingerprint density at radius 2 is 2.03 bits per heavy atom. The fraction of sp³-hybridized carbons (Fsp3) is 0.571. The maximum atomic E-state index is 13.8. The van der Waals surface area contributed by atoms with Gasteiger partial charge in [0.25, 0.3) is 0 Å². The molecule has 2 aliphatic rings. The van der Waals surface area contributed by atoms with Gasteiger partial charge in [0.2, 0.25) is 0 Å². The summed E-state index contributed by atoms with van der Waals surface area (Å²) in [5.41, 5.74) is 6.22. The lowest BCUT2D eigenvalue weighted by atomic mass is 9.94. The van der Waals surface area contributed by atoms with Gasteiger partial charge in [0.15, 0.2) is 0 Å². The van der Waals surface area contributed by atoms with Gasteiger partial charge < -0.3 is 20.1 Å². The molecule has 0 bridgehead atoms. The van der Waals surface area contributed by atoms with Crippen molar-refractivity contribution in [3.8, 4) is 6.01 Å². The molecular formula is C21H26F3N5O2. The number of halogens is 3. The van der Waals surface area contributed by atoms with E-state index < -0.39 is 17.8 Å². The summed E-state index contributed by atoms with van der Waals surface area (Å²) in [5.74, 6) is 1.30. The predicted molar refractivity (Wildman–Crippen MR) is 109 cm³/mol. The number of ether oxygens (including phenoxy) is 2. The molecule has 10 heteroatoms. The minimum Gasteiger partial charge on any atom is -0.467 e. The highest BCUT2D eigenvalue weighted by atomic mass is 19.4. The molecule has 4 rings (SSSR count). The number of piperidine rings is 1. The molecule has 0 radical (unpaired) electrons. The molecule has 1 fully saturated rings. The van der Waals surface area contributed by atoms with Crippen LogP contribution in [0.2, 0.25) is 0 Å². The van der Waals surface area contributed by atoms with Crippen molar-refractivity contribution in [3.63, 3.8) is 0 Å². The van der Waals surface area contributed by atoms with Gasteiger partial charge in [-0.2, -0.15) is 23.1 Å². The number of aromatic nitrogens is 3. The second-order valence-electron chi connectivity index (χ2n) is 8.25. The van der Waals surface area contributed by atoms with Gasteiger partial charge in [0, 0.05) is 25.1 Å². The van der Waals surface area contributed by atoms with Crippen molar-refractivity contribution in [3.05, 3.63) is 34.1 Å². The molecule has 2 atom stereocenters. The van der Waals surface area contributed by atoms with Gasteiger partial charge in [0.05, 0.1) is 36.8 Å². The first-order chi connectivity index (χ1) is 14.7. The molecule has 7 nitrogen and oxygen atoms in total. The number of alkyl halides is 3. The third kappa shape index (κ3) is 4.26. The van der Waals surface area contributed by atoms with E-state index in [4.69, 9.17) is 15.2 Å². The van der Waals surface area contributed by atoms with Crippen molar-refractivity contribution in [2.24, 2.45) is 5.92 Å². The van der Waals surface area contributed by atoms with Crippen LogP contribution in [0.1, 0.15) is 53.9 Å². The SMILES string of the molecule is COc1nc2c(c(N3CCCC(C)C3)n1)COC(c1cc(N)nc(C)c1C(F)(F)F)C2. The van der Waals surface area contributed by atoms with Crippen LogP contribution >= 0.6 is 0 Å². The number of nitrogens with two attached hydrogens (primary N) is 1. The standard InChI is InChI=1S/C21H26F3N5O2/c1-11-5-4-6-29(9-11)19-14-10-31-16(8-15(14)27-20(28-19)30-3)13-7-17(25)26-12(2)18(13)21(22,23)24/h7,11,16H,4-6,8-10H2,1-3H3,(H2,25,26). The molecule has 0 saturated carbocycles. The molecule has 0 aliphatic carbocycles. The van der Waals surface area contributed by atoms with Crippen molar-refractivity contribution in [2.45, 2.75) is 52.0 Å². The molecule has 0 amide bonds. The Morgan fingerprint density at radius 3 is 2.71 bits per heavy atom. The summed E-state index contributed by atoms with van der Waals surface area (Å²) in [6.07, 6.45) is -3.04. The first-order valence-electron chi connectivity index (χ1n) is 10.3. The predicted octanol–water partition coefficient (Wildman–Crippen LogP) is 3.84. The lowest BCUT2D eigenvalue weighted by Crippen LogP contribution is -2.36. The number of hydrogen-bond donors (Lipinski definition) is 1. The monoisotopic (exact) mass is 437 g/mol. The summed E-state index contributed by atoms with van der Waals surface area (Å²) < 4.78 is 52.5. The van der Waals surface area contributed by atoms with E-state index >= 15 is 0 Å². The zero-order valence-corrected chi connectivity index (χ0v) is 17.8. The maximum Gasteiger partial charge on any atom is 0.418 e. The number of nitrogens with zero attached hydrogens (tertiary/aromatic N) is 4. The second kappa shape index (κ2) is 8.14. The van der Waals surface area contributed by atoms with Gasteiger partial charge in [0.1, 0.15) is 11.6 Å². The minimum atomic E-state index is -4.57. The molecule has 0 aromatic carbocycles. The molecular weight excluding hydrogens is 411 g/mol. The number of hydrogen-bond acceptors (Lipinski definition) is 7. The number of fused-ring (bicyclic) bond motifs is 1. The molecule has 2 unspecified atom stereocenters. The Kier molecular flexibility index (Phi) is 5.67. The highest BCUT2D eigenvalue weighted by Gasteiger charge is 2.40. The van der Waals surface area contributed by atoms with Crippen LogP contribution in [0.15, 0.2) is 6.07 Å². The van der Waals surface area contributed by atoms with Crippen molar-refractivity contribution in [1.82, 2.24) is 15.0 Å². The van der Waals surface area contributed by atoms with E-state index in [0.717, 1.165) is 37.3 Å². The Morgan fingerprint density at radius 1 is 1.26 bits per heavy atom. The number of anilines is 2. The molecule has 31 heavy (non-hydrogen) atoms. The summed E-state index contributed by atoms with van der Waals surface area (Å²) in [6.45, 7) is 5.33. The Bertz CT molecular complexity index is 982. The van der Waals surface area contributed by atoms with Gasteiger partial charge >= 0.3 is 12.2 Å². The summed E-state index contributed by atoms with van der Waals surface area (Å²) in [5, 5.41) is 0. The average molecular weight is 437 g/mol. The first-order valence-corrected chi connectivity index (χ1v) is 10.3. The smallest absolute Gasteiger partial charge is 0.418 e. The topological polar surface area (TPSA) is 86.4 Å². The maximum absolute atomic E-state index is 13.8. The van der Waals surface area contributed by atoms with Crippen molar-refractivity contribution < 1.29 is 22.6 Å². The molecule has 2 aliphatic heterocycles. The minimum absolute atomic E-state index is 0.0196. The fourth-order valence-electron chi connectivity index (χ4n) is 4.51. The van der Waals surface area contributed by atoms with Gasteiger partial charge in [-0.25, -0.2) is 4.98 Å². The zero-order valence-electron chi connectivity index (χ0n) is 17.8. The summed E-state index contributed by atoms with van der Waals surface area (Å²) in [4.78, 5) is 15.0. The molecule has 1 saturated heterocycles. The first kappa shape index (κ1) is 21.6. The highest BCUT2D eigenvalue weighted by molar-refractivity contribution is 5.52. The van der Waals surface area contributed by atoms with Crippen LogP contribution in [0.5, 0.6) is 6.01 Å². The van der Waals surface area contributed by atoms with Crippen molar-refractivity contribution >= 4 is 11.6 Å². The Balaban J connectivity index is 1.74. The lowest BCUT2D eigenvalue weighted by Gasteiger charge is -2.35. The van der Waals surface area contributed by atoms with Crippen molar-refractivity contribution in [1.29, 1.82) is 0 Å². The van der Waals surface area contributed by atoms with E-state index in [9.17, 15) is 13.2 Å². The quantitative estimate of drug-likeness (QED) is 0.781. The van der Waals surface area contributed by atoms with Gasteiger partial charge in [-0.1, -0.05) is 6.92 Å². The van der Waals surface area contributed by atoms with E-state index in [1.165, 1.54) is 20.1 Å². The van der Waals surface area contributed by atoms with E-state index in [2.05, 4.69) is 26.8 Å². The molecule has 2 aromatic rings. The molecule has 168 valence electrons. The number of pyridine rings is 1. The molecule has 2 aromatic heterocycles. The van der Waals surface area contributed by atoms with Crippen LogP contribution in [0.4, 0.5) is 24.8 Å². The second-order valence-corrected chi connectivity index (χ2v) is 8.25. The number of nitrogen functional groups attached to an aromatic ring is 1. The number of aryl methyl sites for hydroxylation is 1. The van der Waals surface area contributed by atoms with Crippen LogP contribution in [-0.4, -0.2) is 35.2 Å². The van der Waals surface area contributed by atoms with E-state index in [1.54, 1.807) is 0 Å². The average Bonchev–Trinajstić information content (AvgIpc) is 2.70. The van der Waals surface area contributed by atoms with E-state index in [0.29, 0.717) is 11.6 Å². The third-order valence-corrected chi connectivity index (χ3v) is 5.88. The summed E-state index contributed by atoms with van der Waals surface area (Å²) >= 11 is 0. The van der Waals surface area contributed by atoms with Crippen LogP contribution in [-0.2, 0) is 23.9 Å². The largest absolute Gasteiger partial charge is 0.467 e. The van der Waals surface area contributed by atoms with Gasteiger partial charge in [-0.3, -0.25) is 0 Å². The Labute approximate surface area is 178 Å². The van der Waals surface area contributed by atoms with Crippen LogP contribution < -0.4 is 15.4 Å². The third-order valence-electron chi connectivity index (χ3n) is 5.88. The lowest BCUT2D eigenvalue weighted by molar-refractivity contribution is -0.140. The molecule has 4 heterocycles. The van der Waals surface area contributed by atoms with Crippen molar-refractivity contribution in [2.75, 3.05) is 30.8 Å². The number of rotatable bonds is 3. The normalized spacial score (nSPS) is 21.7. The number of methoxy groups -OCH3 is 1. The van der Waals surface area contributed by atoms with Gasteiger partial charge in [-0.05, 0) is 37.3 Å². The molecule has 2 N–H and O–H groups in total. The summed E-state index contributed by atoms with van der Waals surface area (Å²) in [6, 6.07) is 1.45. The van der Waals surface area contributed by atoms with Crippen LogP contribution in [0.25, 0.3) is 0 Å². The molecule has 0 spiro atoms. The zero-order chi connectivity index (χ0) is 22.3. The van der Waals surface area contributed by atoms with E-state index in [1.807, 2.05) is 0 Å². The van der Waals surface area contributed by atoms with Crippen LogP contribution in [0, 0.1) is 12.8 Å². The Hall–Kier alpha value is -2.62. The van der Waals surface area contributed by atoms with E-state index in [-0.39, 0.29) is 36.1 Å². The summed E-state index contributed by atoms with van der Waals surface area (Å²) in [7, 11) is 1.48. The highest BCUT2D eigenvalue weighted by Crippen LogP contribution is 2.42. The van der Waals surface area contributed by atoms with Gasteiger partial charge in [-0.15, -0.1) is 0 Å².